The van der Waals surface area contributed by atoms with Gasteiger partial charge < -0.3 is 10.1 Å². The maximum Gasteiger partial charge on any atom is 0.257 e. The van der Waals surface area contributed by atoms with Crippen LogP contribution < -0.4 is 15.4 Å². The van der Waals surface area contributed by atoms with Gasteiger partial charge in [-0.3, -0.25) is 10.1 Å². The summed E-state index contributed by atoms with van der Waals surface area (Å²) in [4.78, 5) is 13.2. The van der Waals surface area contributed by atoms with E-state index in [9.17, 15) is 4.79 Å². The van der Waals surface area contributed by atoms with Crippen LogP contribution in [0.3, 0.4) is 0 Å². The number of aromatic nitrogens is 4. The second-order valence-electron chi connectivity index (χ2n) is 6.26. The van der Waals surface area contributed by atoms with Crippen molar-refractivity contribution in [2.75, 3.05) is 11.9 Å². The molecule has 0 aliphatic heterocycles. The van der Waals surface area contributed by atoms with Gasteiger partial charge in [0, 0.05) is 11.1 Å². The topological polar surface area (TPSA) is 93.4 Å². The van der Waals surface area contributed by atoms with Crippen molar-refractivity contribution < 1.29 is 9.53 Å². The maximum atomic E-state index is 12.5. The third kappa shape index (κ3) is 4.14. The number of hydrogen-bond acceptors (Lipinski definition) is 7. The Morgan fingerprint density at radius 1 is 1.17 bits per heavy atom. The van der Waals surface area contributed by atoms with E-state index in [4.69, 9.17) is 17.0 Å². The van der Waals surface area contributed by atoms with E-state index in [0.717, 1.165) is 22.1 Å². The molecule has 0 bridgehead atoms. The van der Waals surface area contributed by atoms with E-state index in [1.165, 1.54) is 11.3 Å². The molecule has 0 unspecified atom stereocenters. The minimum atomic E-state index is -0.303. The average Bonchev–Trinajstić information content (AvgIpc) is 3.31. The molecule has 0 atom stereocenters. The first-order chi connectivity index (χ1) is 14.5. The molecule has 2 N–H and O–H groups in total. The van der Waals surface area contributed by atoms with E-state index in [1.807, 2.05) is 38.1 Å². The lowest BCUT2D eigenvalue weighted by atomic mass is 10.2. The van der Waals surface area contributed by atoms with Gasteiger partial charge in [0.1, 0.15) is 10.8 Å². The smallest absolute Gasteiger partial charge is 0.257 e. The minimum absolute atomic E-state index is 0.195. The molecule has 4 aromatic rings. The summed E-state index contributed by atoms with van der Waals surface area (Å²) in [6.45, 7) is 4.32. The molecular weight excluding hydrogens is 420 g/mol. The average molecular weight is 439 g/mol. The Labute approximate surface area is 181 Å². The number of nitrogens with one attached hydrogen (secondary N) is 2. The molecular formula is C20H18N6O2S2. The van der Waals surface area contributed by atoms with Crippen molar-refractivity contribution in [1.29, 1.82) is 0 Å². The number of ether oxygens (including phenoxy) is 1. The highest BCUT2D eigenvalue weighted by molar-refractivity contribution is 7.80. The fourth-order valence-corrected chi connectivity index (χ4v) is 3.93. The Balaban J connectivity index is 1.49. The van der Waals surface area contributed by atoms with Crippen LogP contribution in [0, 0.1) is 6.92 Å². The highest BCUT2D eigenvalue weighted by Crippen LogP contribution is 2.31. The first kappa shape index (κ1) is 19.9. The van der Waals surface area contributed by atoms with Crippen LogP contribution in [0.4, 0.5) is 5.69 Å². The lowest BCUT2D eigenvalue weighted by Gasteiger charge is -2.12. The predicted octanol–water partition coefficient (Wildman–Crippen LogP) is 3.69. The van der Waals surface area contributed by atoms with Crippen molar-refractivity contribution >= 4 is 45.2 Å². The maximum absolute atomic E-state index is 12.5. The van der Waals surface area contributed by atoms with Crippen LogP contribution in [0.1, 0.15) is 23.1 Å². The van der Waals surface area contributed by atoms with Gasteiger partial charge in [-0.15, -0.1) is 10.2 Å². The van der Waals surface area contributed by atoms with Gasteiger partial charge in [-0.25, -0.2) is 0 Å². The van der Waals surface area contributed by atoms with Gasteiger partial charge in [-0.2, -0.15) is 9.61 Å². The van der Waals surface area contributed by atoms with Crippen LogP contribution in [0.25, 0.3) is 15.5 Å². The lowest BCUT2D eigenvalue weighted by molar-refractivity contribution is 0.0977. The fourth-order valence-electron chi connectivity index (χ4n) is 2.80. The summed E-state index contributed by atoms with van der Waals surface area (Å²) in [6, 6.07) is 14.5. The Bertz CT molecular complexity index is 1220. The zero-order valence-corrected chi connectivity index (χ0v) is 17.9. The number of rotatable bonds is 5. The molecule has 4 rings (SSSR count). The molecule has 2 heterocycles. The molecule has 10 heteroatoms. The second-order valence-corrected chi connectivity index (χ2v) is 7.62. The van der Waals surface area contributed by atoms with Gasteiger partial charge in [-0.1, -0.05) is 23.5 Å². The number of carbonyl (C=O) groups excluding carboxylic acids is 1. The Hall–Kier alpha value is -3.37. The van der Waals surface area contributed by atoms with Gasteiger partial charge in [0.25, 0.3) is 5.91 Å². The van der Waals surface area contributed by atoms with Crippen molar-refractivity contribution in [3.05, 3.63) is 59.9 Å². The van der Waals surface area contributed by atoms with Crippen molar-refractivity contribution in [2.45, 2.75) is 13.8 Å². The molecule has 0 fully saturated rings. The van der Waals surface area contributed by atoms with E-state index >= 15 is 0 Å². The van der Waals surface area contributed by atoms with Crippen molar-refractivity contribution in [2.24, 2.45) is 0 Å². The quantitative estimate of drug-likeness (QED) is 0.459. The molecule has 1 amide bonds. The van der Waals surface area contributed by atoms with Gasteiger partial charge in [0.15, 0.2) is 10.9 Å². The highest BCUT2D eigenvalue weighted by atomic mass is 32.1. The summed E-state index contributed by atoms with van der Waals surface area (Å²) in [6.07, 6.45) is 0. The van der Waals surface area contributed by atoms with Crippen LogP contribution in [0.5, 0.6) is 5.75 Å². The number of hydrogen-bond donors (Lipinski definition) is 2. The number of para-hydroxylation sites is 1. The molecule has 2 aromatic carbocycles. The number of fused-ring (bicyclic) bond motifs is 1. The molecule has 152 valence electrons. The first-order valence-electron chi connectivity index (χ1n) is 9.18. The summed E-state index contributed by atoms with van der Waals surface area (Å²) >= 11 is 6.77. The van der Waals surface area contributed by atoms with Crippen molar-refractivity contribution in [3.63, 3.8) is 0 Å². The fraction of sp³-hybridized carbons (Fsp3) is 0.150. The molecule has 0 aliphatic rings. The summed E-state index contributed by atoms with van der Waals surface area (Å²) in [7, 11) is 0. The molecule has 0 saturated carbocycles. The summed E-state index contributed by atoms with van der Waals surface area (Å²) in [5.41, 5.74) is 2.07. The number of nitrogens with zero attached hydrogens (tertiary/aromatic N) is 4. The zero-order valence-electron chi connectivity index (χ0n) is 16.2. The van der Waals surface area contributed by atoms with Gasteiger partial charge in [0.2, 0.25) is 4.96 Å². The summed E-state index contributed by atoms with van der Waals surface area (Å²) in [5.74, 6) is 1.13. The highest BCUT2D eigenvalue weighted by Gasteiger charge is 2.15. The van der Waals surface area contributed by atoms with Crippen molar-refractivity contribution in [1.82, 2.24) is 25.1 Å². The van der Waals surface area contributed by atoms with E-state index in [-0.39, 0.29) is 11.0 Å². The van der Waals surface area contributed by atoms with Gasteiger partial charge in [-0.05, 0) is 62.5 Å². The second kappa shape index (κ2) is 8.56. The Morgan fingerprint density at radius 2 is 1.93 bits per heavy atom. The van der Waals surface area contributed by atoms with Crippen LogP contribution in [0.15, 0.2) is 48.5 Å². The van der Waals surface area contributed by atoms with Crippen LogP contribution >= 0.6 is 23.6 Å². The van der Waals surface area contributed by atoms with Gasteiger partial charge >= 0.3 is 0 Å². The van der Waals surface area contributed by atoms with E-state index in [0.29, 0.717) is 22.9 Å². The minimum Gasteiger partial charge on any atom is -0.494 e. The number of carbonyl (C=O) groups is 1. The van der Waals surface area contributed by atoms with Crippen LogP contribution in [0.2, 0.25) is 0 Å². The standard InChI is InChI=1S/C20H18N6O2S2/c1-3-28-14-10-8-13(9-11-14)17(27)22-19(29)21-16-7-5-4-6-15(16)18-25-26-12(2)23-24-20(26)30-18/h4-11H,3H2,1-2H3,(H2,21,22,27,29). The molecule has 0 spiro atoms. The largest absolute Gasteiger partial charge is 0.494 e. The van der Waals surface area contributed by atoms with Crippen LogP contribution in [-0.2, 0) is 0 Å². The molecule has 0 saturated heterocycles. The third-order valence-electron chi connectivity index (χ3n) is 4.21. The lowest BCUT2D eigenvalue weighted by Crippen LogP contribution is -2.34. The Morgan fingerprint density at radius 3 is 2.67 bits per heavy atom. The van der Waals surface area contributed by atoms with E-state index in [1.54, 1.807) is 28.8 Å². The molecule has 30 heavy (non-hydrogen) atoms. The van der Waals surface area contributed by atoms with E-state index < -0.39 is 0 Å². The van der Waals surface area contributed by atoms with E-state index in [2.05, 4.69) is 25.9 Å². The number of thiocarbonyl (C=S) groups is 1. The molecule has 0 aliphatic carbocycles. The Kier molecular flexibility index (Phi) is 5.68. The van der Waals surface area contributed by atoms with Crippen molar-refractivity contribution in [3.8, 4) is 16.3 Å². The SMILES string of the molecule is CCOc1ccc(C(=O)NC(=S)Nc2ccccc2-c2nn3c(C)nnc3s2)cc1. The predicted molar refractivity (Wildman–Crippen MR) is 120 cm³/mol. The number of anilines is 1. The number of aryl methyl sites for hydroxylation is 1. The summed E-state index contributed by atoms with van der Waals surface area (Å²) < 4.78 is 7.09. The normalized spacial score (nSPS) is 10.7. The summed E-state index contributed by atoms with van der Waals surface area (Å²) in [5, 5.41) is 19.4. The third-order valence-corrected chi connectivity index (χ3v) is 5.34. The monoisotopic (exact) mass is 438 g/mol. The molecule has 0 radical (unpaired) electrons. The number of benzene rings is 2. The van der Waals surface area contributed by atoms with Gasteiger partial charge in [0.05, 0.1) is 12.3 Å². The molecule has 2 aromatic heterocycles. The molecule has 8 nitrogen and oxygen atoms in total. The first-order valence-corrected chi connectivity index (χ1v) is 10.4. The number of amides is 1. The zero-order chi connectivity index (χ0) is 21.1. The van der Waals surface area contributed by atoms with Crippen LogP contribution in [-0.4, -0.2) is 37.4 Å².